The Labute approximate surface area is 163 Å². The van der Waals surface area contributed by atoms with E-state index in [0.29, 0.717) is 5.16 Å². The van der Waals surface area contributed by atoms with Gasteiger partial charge in [0.25, 0.3) is 0 Å². The van der Waals surface area contributed by atoms with Crippen LogP contribution < -0.4 is 11.1 Å². The van der Waals surface area contributed by atoms with Crippen molar-refractivity contribution < 1.29 is 14.3 Å². The minimum Gasteiger partial charge on any atom is -0.462 e. The van der Waals surface area contributed by atoms with Crippen LogP contribution in [-0.4, -0.2) is 40.2 Å². The lowest BCUT2D eigenvalue weighted by Gasteiger charge is -2.13. The zero-order valence-corrected chi connectivity index (χ0v) is 16.3. The third-order valence-electron chi connectivity index (χ3n) is 3.74. The Morgan fingerprint density at radius 3 is 2.70 bits per heavy atom. The summed E-state index contributed by atoms with van der Waals surface area (Å²) in [5.41, 5.74) is 7.14. The maximum absolute atomic E-state index is 12.1. The lowest BCUT2D eigenvalue weighted by atomic mass is 10.1. The van der Waals surface area contributed by atoms with Crippen LogP contribution in [0.5, 0.6) is 0 Å². The number of aromatic nitrogens is 2. The highest BCUT2D eigenvalue weighted by atomic mass is 32.2. The molecule has 0 aliphatic carbocycles. The van der Waals surface area contributed by atoms with Crippen molar-refractivity contribution in [2.24, 2.45) is 0 Å². The van der Waals surface area contributed by atoms with E-state index >= 15 is 0 Å². The Kier molecular flexibility index (Phi) is 8.06. The molecule has 8 heteroatoms. The SMILES string of the molecule is CCOC(=O)c1cnc(SCC(=O)N[C@@H](C)CCc2ccccc2)nc1N. The number of anilines is 1. The minimum absolute atomic E-state index is 0.0441. The first kappa shape index (κ1) is 20.7. The molecule has 7 nitrogen and oxygen atoms in total. The zero-order chi connectivity index (χ0) is 19.6. The molecule has 2 aromatic rings. The summed E-state index contributed by atoms with van der Waals surface area (Å²) in [6.45, 7) is 3.93. The molecular formula is C19H24N4O3S. The van der Waals surface area contributed by atoms with Crippen LogP contribution in [0, 0.1) is 0 Å². The predicted molar refractivity (Wildman–Crippen MR) is 105 cm³/mol. The van der Waals surface area contributed by atoms with Gasteiger partial charge in [-0.3, -0.25) is 4.79 Å². The number of nitrogens with two attached hydrogens (primary N) is 1. The van der Waals surface area contributed by atoms with Gasteiger partial charge in [-0.15, -0.1) is 0 Å². The molecular weight excluding hydrogens is 364 g/mol. The summed E-state index contributed by atoms with van der Waals surface area (Å²) in [7, 11) is 0. The fourth-order valence-electron chi connectivity index (χ4n) is 2.36. The van der Waals surface area contributed by atoms with Crippen LogP contribution in [-0.2, 0) is 16.0 Å². The molecule has 144 valence electrons. The second-order valence-electron chi connectivity index (χ2n) is 5.95. The molecule has 1 aromatic heterocycles. The van der Waals surface area contributed by atoms with Crippen molar-refractivity contribution in [1.29, 1.82) is 0 Å². The van der Waals surface area contributed by atoms with Crippen molar-refractivity contribution in [1.82, 2.24) is 15.3 Å². The molecule has 0 bridgehead atoms. The van der Waals surface area contributed by atoms with Crippen molar-refractivity contribution in [3.8, 4) is 0 Å². The monoisotopic (exact) mass is 388 g/mol. The van der Waals surface area contributed by atoms with Crippen LogP contribution in [0.15, 0.2) is 41.7 Å². The van der Waals surface area contributed by atoms with Crippen LogP contribution >= 0.6 is 11.8 Å². The summed E-state index contributed by atoms with van der Waals surface area (Å²) in [6.07, 6.45) is 3.09. The molecule has 0 aliphatic heterocycles. The van der Waals surface area contributed by atoms with Crippen molar-refractivity contribution in [3.63, 3.8) is 0 Å². The van der Waals surface area contributed by atoms with E-state index in [9.17, 15) is 9.59 Å². The molecule has 0 fully saturated rings. The van der Waals surface area contributed by atoms with Crippen molar-refractivity contribution in [2.75, 3.05) is 18.1 Å². The first-order chi connectivity index (χ1) is 13.0. The number of rotatable bonds is 9. The van der Waals surface area contributed by atoms with E-state index in [0.717, 1.165) is 12.8 Å². The standard InChI is InChI=1S/C19H24N4O3S/c1-3-26-18(25)15-11-21-19(23-17(15)20)27-12-16(24)22-13(2)9-10-14-7-5-4-6-8-14/h4-8,11,13H,3,9-10,12H2,1-2H3,(H,22,24)(H2,20,21,23)/t13-/m0/s1. The van der Waals surface area contributed by atoms with E-state index in [2.05, 4.69) is 27.4 Å². The number of ether oxygens (including phenoxy) is 1. The van der Waals surface area contributed by atoms with Crippen LogP contribution in [0.1, 0.15) is 36.2 Å². The van der Waals surface area contributed by atoms with Gasteiger partial charge in [-0.1, -0.05) is 42.1 Å². The Morgan fingerprint density at radius 2 is 2.04 bits per heavy atom. The Hall–Kier alpha value is -2.61. The normalized spacial score (nSPS) is 11.6. The van der Waals surface area contributed by atoms with Gasteiger partial charge in [0.1, 0.15) is 11.4 Å². The van der Waals surface area contributed by atoms with Crippen LogP contribution in [0.4, 0.5) is 5.82 Å². The summed E-state index contributed by atoms with van der Waals surface area (Å²) < 4.78 is 4.88. The maximum Gasteiger partial charge on any atom is 0.343 e. The average molecular weight is 388 g/mol. The van der Waals surface area contributed by atoms with Gasteiger partial charge in [0.2, 0.25) is 5.91 Å². The number of carbonyl (C=O) groups is 2. The molecule has 27 heavy (non-hydrogen) atoms. The summed E-state index contributed by atoms with van der Waals surface area (Å²) in [5, 5.41) is 3.30. The van der Waals surface area contributed by atoms with Crippen molar-refractivity contribution in [2.45, 2.75) is 37.9 Å². The molecule has 1 heterocycles. The zero-order valence-electron chi connectivity index (χ0n) is 15.5. The van der Waals surface area contributed by atoms with Gasteiger partial charge < -0.3 is 15.8 Å². The Bertz CT molecular complexity index is 771. The molecule has 3 N–H and O–H groups in total. The number of nitrogens with zero attached hydrogens (tertiary/aromatic N) is 2. The fraction of sp³-hybridized carbons (Fsp3) is 0.368. The topological polar surface area (TPSA) is 107 Å². The molecule has 1 amide bonds. The van der Waals surface area contributed by atoms with E-state index in [1.165, 1.54) is 23.5 Å². The summed E-state index contributed by atoms with van der Waals surface area (Å²) >= 11 is 1.17. The molecule has 0 saturated heterocycles. The number of hydrogen-bond acceptors (Lipinski definition) is 7. The van der Waals surface area contributed by atoms with E-state index in [-0.39, 0.29) is 35.7 Å². The van der Waals surface area contributed by atoms with Gasteiger partial charge in [0, 0.05) is 12.2 Å². The van der Waals surface area contributed by atoms with Gasteiger partial charge in [0.15, 0.2) is 5.16 Å². The second kappa shape index (κ2) is 10.5. The van der Waals surface area contributed by atoms with Crippen LogP contribution in [0.25, 0.3) is 0 Å². The number of hydrogen-bond donors (Lipinski definition) is 2. The Balaban J connectivity index is 1.77. The number of carbonyl (C=O) groups excluding carboxylic acids is 2. The lowest BCUT2D eigenvalue weighted by Crippen LogP contribution is -2.34. The number of nitrogen functional groups attached to an aromatic ring is 1. The number of nitrogens with one attached hydrogen (secondary N) is 1. The summed E-state index contributed by atoms with van der Waals surface area (Å²) in [5.74, 6) is -0.440. The molecule has 0 saturated carbocycles. The van der Waals surface area contributed by atoms with Gasteiger partial charge in [0.05, 0.1) is 12.4 Å². The van der Waals surface area contributed by atoms with E-state index in [1.54, 1.807) is 6.92 Å². The van der Waals surface area contributed by atoms with E-state index in [1.807, 2.05) is 25.1 Å². The van der Waals surface area contributed by atoms with E-state index in [4.69, 9.17) is 10.5 Å². The lowest BCUT2D eigenvalue weighted by molar-refractivity contribution is -0.119. The predicted octanol–water partition coefficient (Wildman–Crippen LogP) is 2.47. The number of aryl methyl sites for hydroxylation is 1. The minimum atomic E-state index is -0.559. The van der Waals surface area contributed by atoms with Gasteiger partial charge in [-0.2, -0.15) is 0 Å². The second-order valence-corrected chi connectivity index (χ2v) is 6.90. The molecule has 0 aliphatic rings. The first-order valence-corrected chi connectivity index (χ1v) is 9.73. The third kappa shape index (κ3) is 6.90. The number of thioether (sulfide) groups is 1. The quantitative estimate of drug-likeness (QED) is 0.386. The average Bonchev–Trinajstić information content (AvgIpc) is 2.66. The maximum atomic E-state index is 12.1. The number of benzene rings is 1. The highest BCUT2D eigenvalue weighted by Crippen LogP contribution is 2.17. The van der Waals surface area contributed by atoms with Gasteiger partial charge in [-0.25, -0.2) is 14.8 Å². The van der Waals surface area contributed by atoms with Crippen LogP contribution in [0.3, 0.4) is 0 Å². The molecule has 0 radical (unpaired) electrons. The third-order valence-corrected chi connectivity index (χ3v) is 4.60. The molecule has 0 unspecified atom stereocenters. The number of esters is 1. The smallest absolute Gasteiger partial charge is 0.343 e. The summed E-state index contributed by atoms with van der Waals surface area (Å²) in [4.78, 5) is 31.9. The molecule has 0 spiro atoms. The Morgan fingerprint density at radius 1 is 1.30 bits per heavy atom. The van der Waals surface area contributed by atoms with Crippen LogP contribution in [0.2, 0.25) is 0 Å². The largest absolute Gasteiger partial charge is 0.462 e. The molecule has 2 rings (SSSR count). The molecule has 1 aromatic carbocycles. The summed E-state index contributed by atoms with van der Waals surface area (Å²) in [6, 6.07) is 10.2. The van der Waals surface area contributed by atoms with E-state index < -0.39 is 5.97 Å². The van der Waals surface area contributed by atoms with Crippen molar-refractivity contribution in [3.05, 3.63) is 47.7 Å². The fourth-order valence-corrected chi connectivity index (χ4v) is 2.99. The highest BCUT2D eigenvalue weighted by molar-refractivity contribution is 7.99. The number of amides is 1. The molecule has 1 atom stereocenters. The van der Waals surface area contributed by atoms with Crippen molar-refractivity contribution >= 4 is 29.5 Å². The van der Waals surface area contributed by atoms with Gasteiger partial charge >= 0.3 is 5.97 Å². The first-order valence-electron chi connectivity index (χ1n) is 8.75. The highest BCUT2D eigenvalue weighted by Gasteiger charge is 2.15. The van der Waals surface area contributed by atoms with Gasteiger partial charge in [-0.05, 0) is 32.3 Å².